The zero-order valence-corrected chi connectivity index (χ0v) is 24.0. The first-order valence-corrected chi connectivity index (χ1v) is 14.4. The van der Waals surface area contributed by atoms with E-state index in [9.17, 15) is 26.7 Å². The number of nitrogens with zero attached hydrogens (tertiary/aromatic N) is 3. The number of nitrogens with two attached hydrogens (primary N) is 1. The first-order chi connectivity index (χ1) is 19.7. The molecule has 0 aliphatic rings. The number of aromatic nitrogens is 2. The maximum Gasteiger partial charge on any atom is 0.573 e. The summed E-state index contributed by atoms with van der Waals surface area (Å²) in [4.78, 5) is 12.9. The van der Waals surface area contributed by atoms with Crippen LogP contribution < -0.4 is 10.5 Å². The molecule has 0 aliphatic carbocycles. The summed E-state index contributed by atoms with van der Waals surface area (Å²) < 4.78 is 72.6. The zero-order chi connectivity index (χ0) is 30.8. The van der Waals surface area contributed by atoms with Gasteiger partial charge in [-0.3, -0.25) is 9.98 Å². The minimum Gasteiger partial charge on any atom is -0.440 e. The Morgan fingerprint density at radius 1 is 1.14 bits per heavy atom. The second-order valence-corrected chi connectivity index (χ2v) is 11.5. The van der Waals surface area contributed by atoms with Gasteiger partial charge < -0.3 is 20.0 Å². The molecule has 14 heteroatoms. The summed E-state index contributed by atoms with van der Waals surface area (Å²) in [7, 11) is -3.71. The molecule has 0 aliphatic heterocycles. The highest BCUT2D eigenvalue weighted by Crippen LogP contribution is 2.41. The number of sulfone groups is 1. The van der Waals surface area contributed by atoms with Crippen molar-refractivity contribution in [2.75, 3.05) is 6.26 Å². The predicted octanol–water partition coefficient (Wildman–Crippen LogP) is 6.30. The van der Waals surface area contributed by atoms with Crippen molar-refractivity contribution in [2.45, 2.75) is 31.7 Å². The van der Waals surface area contributed by atoms with Crippen LogP contribution in [0.1, 0.15) is 18.5 Å². The molecule has 2 heterocycles. The average molecular weight is 621 g/mol. The minimum absolute atomic E-state index is 0.00683. The van der Waals surface area contributed by atoms with Crippen molar-refractivity contribution in [2.24, 2.45) is 10.7 Å². The molecule has 3 N–H and O–H groups in total. The van der Waals surface area contributed by atoms with Gasteiger partial charge in [0.25, 0.3) is 0 Å². The maximum atomic E-state index is 12.7. The second-order valence-electron chi connectivity index (χ2n) is 9.10. The Kier molecular flexibility index (Phi) is 8.76. The van der Waals surface area contributed by atoms with Crippen molar-refractivity contribution in [1.82, 2.24) is 9.97 Å². The summed E-state index contributed by atoms with van der Waals surface area (Å²) in [6, 6.07) is 11.5. The lowest BCUT2D eigenvalue weighted by molar-refractivity contribution is -0.274. The molecule has 4 aromatic rings. The molecule has 9 nitrogen and oxygen atoms in total. The molecule has 0 unspecified atom stereocenters. The third kappa shape index (κ3) is 7.16. The van der Waals surface area contributed by atoms with Crippen molar-refractivity contribution in [1.29, 1.82) is 0 Å². The van der Waals surface area contributed by atoms with Crippen molar-refractivity contribution < 1.29 is 35.8 Å². The molecule has 0 atom stereocenters. The number of aliphatic imine (C=N–C) groups is 1. The van der Waals surface area contributed by atoms with Crippen LogP contribution in [0.15, 0.2) is 79.8 Å². The summed E-state index contributed by atoms with van der Waals surface area (Å²) in [6.45, 7) is 2.64. The highest BCUT2D eigenvalue weighted by Gasteiger charge is 2.31. The molecule has 0 saturated heterocycles. The fraction of sp³-hybridized carbons (Fsp3) is 0.179. The molecule has 4 rings (SSSR count). The number of aryl methyl sites for hydroxylation is 1. The van der Waals surface area contributed by atoms with Crippen LogP contribution >= 0.6 is 11.6 Å². The van der Waals surface area contributed by atoms with Gasteiger partial charge in [-0.15, -0.1) is 13.2 Å². The van der Waals surface area contributed by atoms with Crippen LogP contribution in [0.4, 0.5) is 18.9 Å². The van der Waals surface area contributed by atoms with Gasteiger partial charge in [-0.1, -0.05) is 17.7 Å². The lowest BCUT2D eigenvalue weighted by atomic mass is 9.99. The SMILES string of the molecule is CC(N)=C(Cl)C=Nc1ccc(-c2cnc(CO)c(S(C)(=O)=O)c2)cc1-c1oc(C)nc1-c1ccc(OC(F)(F)F)cc1. The topological polar surface area (TPSA) is 141 Å². The van der Waals surface area contributed by atoms with E-state index in [1.807, 2.05) is 0 Å². The highest BCUT2D eigenvalue weighted by atomic mass is 35.5. The van der Waals surface area contributed by atoms with Crippen LogP contribution in [0.3, 0.4) is 0 Å². The predicted molar refractivity (Wildman–Crippen MR) is 152 cm³/mol. The van der Waals surface area contributed by atoms with Gasteiger partial charge in [0, 0.05) is 48.0 Å². The summed E-state index contributed by atoms with van der Waals surface area (Å²) >= 11 is 6.16. The van der Waals surface area contributed by atoms with E-state index in [2.05, 4.69) is 19.7 Å². The second kappa shape index (κ2) is 12.0. The summed E-state index contributed by atoms with van der Waals surface area (Å²) in [6.07, 6.45) is -1.06. The molecule has 0 saturated carbocycles. The van der Waals surface area contributed by atoms with Gasteiger partial charge >= 0.3 is 6.36 Å². The zero-order valence-electron chi connectivity index (χ0n) is 22.4. The number of hydrogen-bond acceptors (Lipinski definition) is 9. The van der Waals surface area contributed by atoms with E-state index in [1.54, 1.807) is 32.0 Å². The first-order valence-electron chi connectivity index (χ1n) is 12.1. The van der Waals surface area contributed by atoms with Crippen molar-refractivity contribution in [3.63, 3.8) is 0 Å². The molecule has 0 fully saturated rings. The Labute approximate surface area is 244 Å². The average Bonchev–Trinajstić information content (AvgIpc) is 3.31. The smallest absolute Gasteiger partial charge is 0.440 e. The van der Waals surface area contributed by atoms with Gasteiger partial charge in [-0.05, 0) is 55.0 Å². The van der Waals surface area contributed by atoms with Crippen LogP contribution in [-0.4, -0.2) is 42.3 Å². The number of hydrogen-bond donors (Lipinski definition) is 2. The van der Waals surface area contributed by atoms with E-state index in [1.165, 1.54) is 30.6 Å². The number of allylic oxidation sites excluding steroid dienone is 2. The van der Waals surface area contributed by atoms with Gasteiger partial charge in [-0.25, -0.2) is 13.4 Å². The number of aliphatic hydroxyl groups excluding tert-OH is 1. The monoisotopic (exact) mass is 620 g/mol. The molecule has 0 radical (unpaired) electrons. The van der Waals surface area contributed by atoms with E-state index in [-0.39, 0.29) is 27.3 Å². The van der Waals surface area contributed by atoms with E-state index in [4.69, 9.17) is 21.8 Å². The van der Waals surface area contributed by atoms with Gasteiger partial charge in [0.15, 0.2) is 21.5 Å². The Bertz CT molecular complexity index is 1800. The largest absolute Gasteiger partial charge is 0.573 e. The number of ether oxygens (including phenoxy) is 1. The number of pyridine rings is 1. The molecule has 0 spiro atoms. The van der Waals surface area contributed by atoms with Crippen molar-refractivity contribution >= 4 is 33.3 Å². The molecule has 2 aromatic carbocycles. The molecule has 0 amide bonds. The van der Waals surface area contributed by atoms with Crippen LogP contribution in [0.2, 0.25) is 0 Å². The third-order valence-electron chi connectivity index (χ3n) is 5.84. The van der Waals surface area contributed by atoms with Crippen LogP contribution in [0, 0.1) is 6.92 Å². The van der Waals surface area contributed by atoms with Crippen LogP contribution in [0.25, 0.3) is 33.7 Å². The van der Waals surface area contributed by atoms with E-state index in [0.717, 1.165) is 18.4 Å². The summed E-state index contributed by atoms with van der Waals surface area (Å²) in [5, 5.41) is 9.78. The van der Waals surface area contributed by atoms with Crippen molar-refractivity contribution in [3.8, 4) is 39.5 Å². The minimum atomic E-state index is -4.84. The third-order valence-corrected chi connectivity index (χ3v) is 7.39. The van der Waals surface area contributed by atoms with Crippen LogP contribution in [-0.2, 0) is 16.4 Å². The fourth-order valence-electron chi connectivity index (χ4n) is 3.93. The summed E-state index contributed by atoms with van der Waals surface area (Å²) in [5.74, 6) is 0.0956. The Balaban J connectivity index is 1.90. The highest BCUT2D eigenvalue weighted by molar-refractivity contribution is 7.90. The van der Waals surface area contributed by atoms with Gasteiger partial charge in [0.05, 0.1) is 27.9 Å². The lowest BCUT2D eigenvalue weighted by Gasteiger charge is -2.12. The molecule has 42 heavy (non-hydrogen) atoms. The molecule has 0 bridgehead atoms. The summed E-state index contributed by atoms with van der Waals surface area (Å²) in [5.41, 5.74) is 8.55. The van der Waals surface area contributed by atoms with Crippen molar-refractivity contribution in [3.05, 3.63) is 77.0 Å². The Morgan fingerprint density at radius 3 is 2.40 bits per heavy atom. The standard InChI is InChI=1S/C28H24ClF3N4O5S/c1-15(33)22(29)13-35-23-9-6-18(19-11-25(42(3,38)39)24(14-37)34-12-19)10-21(23)27-26(36-16(2)40-27)17-4-7-20(8-5-17)41-28(30,31)32/h4-13,37H,14,33H2,1-3H3. The van der Waals surface area contributed by atoms with Gasteiger partial charge in [-0.2, -0.15) is 0 Å². The van der Waals surface area contributed by atoms with Crippen LogP contribution in [0.5, 0.6) is 5.75 Å². The van der Waals surface area contributed by atoms with E-state index < -0.39 is 28.6 Å². The number of halogens is 4. The lowest BCUT2D eigenvalue weighted by Crippen LogP contribution is -2.16. The number of benzene rings is 2. The normalized spacial score (nSPS) is 13.0. The molecule has 2 aromatic heterocycles. The molecular weight excluding hydrogens is 597 g/mol. The number of rotatable bonds is 8. The number of aliphatic hydroxyl groups is 1. The quantitative estimate of drug-likeness (QED) is 0.219. The van der Waals surface area contributed by atoms with Gasteiger partial charge in [0.1, 0.15) is 11.4 Å². The molecular formula is C28H24ClF3N4O5S. The first kappa shape index (κ1) is 30.8. The van der Waals surface area contributed by atoms with Gasteiger partial charge in [0.2, 0.25) is 0 Å². The van der Waals surface area contributed by atoms with E-state index in [0.29, 0.717) is 39.3 Å². The maximum absolute atomic E-state index is 12.7. The van der Waals surface area contributed by atoms with E-state index >= 15 is 0 Å². The fourth-order valence-corrected chi connectivity index (χ4v) is 4.86. The molecule has 220 valence electrons. The number of alkyl halides is 3. The Hall–Kier alpha value is -4.20. The Morgan fingerprint density at radius 2 is 1.81 bits per heavy atom. The number of oxazole rings is 1.